The molecule has 0 spiro atoms. The molecule has 2 atom stereocenters. The molecule has 0 N–H and O–H groups in total. The van der Waals surface area contributed by atoms with Gasteiger partial charge in [-0.2, -0.15) is 0 Å². The first-order valence-corrected chi connectivity index (χ1v) is 10.8. The molecular formula is C15H29IOSi. The van der Waals surface area contributed by atoms with Crippen molar-refractivity contribution in [1.82, 2.24) is 0 Å². The lowest BCUT2D eigenvalue weighted by atomic mass is 10.1. The van der Waals surface area contributed by atoms with Crippen LogP contribution in [0.2, 0.25) is 22.7 Å². The lowest BCUT2D eigenvalue weighted by molar-refractivity contribution is 0.347. The Morgan fingerprint density at radius 3 is 1.89 bits per heavy atom. The average molecular weight is 380 g/mol. The van der Waals surface area contributed by atoms with Crippen molar-refractivity contribution in [1.29, 1.82) is 0 Å². The summed E-state index contributed by atoms with van der Waals surface area (Å²) >= 11 is 2.29. The summed E-state index contributed by atoms with van der Waals surface area (Å²) in [5.74, 6) is 0. The molecule has 0 bridgehead atoms. The van der Waals surface area contributed by atoms with Crippen molar-refractivity contribution in [3.63, 3.8) is 0 Å². The summed E-state index contributed by atoms with van der Waals surface area (Å²) in [7, 11) is -1.31. The molecule has 0 saturated carbocycles. The van der Waals surface area contributed by atoms with Crippen LogP contribution in [0, 0.1) is 0 Å². The smallest absolute Gasteiger partial charge is 0.110 e. The summed E-state index contributed by atoms with van der Waals surface area (Å²) < 4.78 is 8.09. The van der Waals surface area contributed by atoms with Crippen LogP contribution in [0.25, 0.3) is 0 Å². The molecular weight excluding hydrogens is 351 g/mol. The minimum Gasteiger partial charge on any atom is -0.362 e. The second-order valence-corrected chi connectivity index (χ2v) is 13.7. The SMILES string of the molecule is CC(C)[Si](C[C@H]1O[C@@]1(C)/C=C/I)(C(C)C)C(C)C. The van der Waals surface area contributed by atoms with Crippen LogP contribution in [0.15, 0.2) is 10.2 Å². The first-order chi connectivity index (χ1) is 8.20. The largest absolute Gasteiger partial charge is 0.362 e. The topological polar surface area (TPSA) is 12.5 Å². The van der Waals surface area contributed by atoms with Gasteiger partial charge in [0.15, 0.2) is 0 Å². The molecule has 1 aliphatic rings. The highest BCUT2D eigenvalue weighted by Gasteiger charge is 2.56. The van der Waals surface area contributed by atoms with Crippen LogP contribution in [0.4, 0.5) is 0 Å². The molecule has 1 heterocycles. The van der Waals surface area contributed by atoms with E-state index in [0.717, 1.165) is 16.6 Å². The van der Waals surface area contributed by atoms with Crippen molar-refractivity contribution >= 4 is 30.7 Å². The van der Waals surface area contributed by atoms with Crippen molar-refractivity contribution in [3.8, 4) is 0 Å². The average Bonchev–Trinajstić information content (AvgIpc) is 2.84. The van der Waals surface area contributed by atoms with Gasteiger partial charge in [0, 0.05) is 0 Å². The molecule has 0 aromatic heterocycles. The van der Waals surface area contributed by atoms with Crippen molar-refractivity contribution in [2.24, 2.45) is 0 Å². The van der Waals surface area contributed by atoms with Gasteiger partial charge in [0.2, 0.25) is 0 Å². The summed E-state index contributed by atoms with van der Waals surface area (Å²) in [5, 5.41) is 0. The highest BCUT2D eigenvalue weighted by molar-refractivity contribution is 14.1. The molecule has 0 unspecified atom stereocenters. The van der Waals surface area contributed by atoms with Crippen LogP contribution in [-0.2, 0) is 4.74 Å². The zero-order chi connectivity index (χ0) is 14.1. The highest BCUT2D eigenvalue weighted by atomic mass is 127. The molecule has 1 saturated heterocycles. The molecule has 1 rings (SSSR count). The lowest BCUT2D eigenvalue weighted by Gasteiger charge is -2.43. The Balaban J connectivity index is 2.88. The third-order valence-corrected chi connectivity index (χ3v) is 13.0. The van der Waals surface area contributed by atoms with E-state index in [0.29, 0.717) is 6.10 Å². The van der Waals surface area contributed by atoms with Gasteiger partial charge in [-0.3, -0.25) is 0 Å². The van der Waals surface area contributed by atoms with Crippen molar-refractivity contribution in [2.75, 3.05) is 0 Å². The molecule has 0 amide bonds. The van der Waals surface area contributed by atoms with Gasteiger partial charge in [-0.05, 0) is 23.1 Å². The molecule has 106 valence electrons. The zero-order valence-corrected chi connectivity index (χ0v) is 16.1. The first-order valence-electron chi connectivity index (χ1n) is 7.16. The fourth-order valence-corrected chi connectivity index (χ4v) is 11.1. The number of hydrogen-bond acceptors (Lipinski definition) is 1. The molecule has 3 heteroatoms. The van der Waals surface area contributed by atoms with Gasteiger partial charge in [0.25, 0.3) is 0 Å². The van der Waals surface area contributed by atoms with E-state index in [1.807, 2.05) is 0 Å². The number of halogens is 1. The molecule has 1 nitrogen and oxygen atoms in total. The van der Waals surface area contributed by atoms with E-state index in [2.05, 4.69) is 81.2 Å². The molecule has 0 aromatic rings. The number of rotatable bonds is 6. The number of hydrogen-bond donors (Lipinski definition) is 0. The predicted octanol–water partition coefficient (Wildman–Crippen LogP) is 5.77. The first kappa shape index (κ1) is 16.7. The summed E-state index contributed by atoms with van der Waals surface area (Å²) in [6.45, 7) is 16.8. The van der Waals surface area contributed by atoms with Crippen molar-refractivity contribution in [2.45, 2.75) is 82.8 Å². The normalized spacial score (nSPS) is 28.9. The highest BCUT2D eigenvalue weighted by Crippen LogP contribution is 2.51. The van der Waals surface area contributed by atoms with Crippen molar-refractivity contribution in [3.05, 3.63) is 10.2 Å². The third-order valence-electron chi connectivity index (χ3n) is 5.14. The summed E-state index contributed by atoms with van der Waals surface area (Å²) in [6, 6.07) is 1.32. The molecule has 1 aliphatic heterocycles. The summed E-state index contributed by atoms with van der Waals surface area (Å²) in [6.07, 6.45) is 2.68. The molecule has 0 radical (unpaired) electrons. The summed E-state index contributed by atoms with van der Waals surface area (Å²) in [4.78, 5) is 0. The van der Waals surface area contributed by atoms with Gasteiger partial charge in [0.05, 0.1) is 14.2 Å². The fraction of sp³-hybridized carbons (Fsp3) is 0.867. The Morgan fingerprint density at radius 2 is 1.56 bits per heavy atom. The van der Waals surface area contributed by atoms with Crippen LogP contribution in [0.5, 0.6) is 0 Å². The zero-order valence-electron chi connectivity index (χ0n) is 13.0. The van der Waals surface area contributed by atoms with Gasteiger partial charge in [-0.15, -0.1) is 0 Å². The minimum absolute atomic E-state index is 0.0259. The lowest BCUT2D eigenvalue weighted by Crippen LogP contribution is -2.45. The van der Waals surface area contributed by atoms with Gasteiger partial charge >= 0.3 is 0 Å². The molecule has 1 fully saturated rings. The maximum absolute atomic E-state index is 5.99. The maximum atomic E-state index is 5.99. The standard InChI is InChI=1S/C15H29IOSi/c1-11(2)18(12(3)4,13(5)6)10-14-15(7,17-14)8-9-16/h8-9,11-14H,10H2,1-7H3/b9-8+/t14-,15+/m1/s1. The quantitative estimate of drug-likeness (QED) is 0.324. The summed E-state index contributed by atoms with van der Waals surface area (Å²) in [5.41, 5.74) is 2.51. The van der Waals surface area contributed by atoms with Crippen LogP contribution < -0.4 is 0 Å². The monoisotopic (exact) mass is 380 g/mol. The Labute approximate surface area is 128 Å². The molecule has 0 aromatic carbocycles. The van der Waals surface area contributed by atoms with Crippen LogP contribution in [0.1, 0.15) is 48.5 Å². The van der Waals surface area contributed by atoms with Gasteiger partial charge in [0.1, 0.15) is 5.60 Å². The maximum Gasteiger partial charge on any atom is 0.110 e. The van der Waals surface area contributed by atoms with Crippen LogP contribution in [0.3, 0.4) is 0 Å². The van der Waals surface area contributed by atoms with Crippen LogP contribution in [-0.4, -0.2) is 19.8 Å². The third kappa shape index (κ3) is 3.03. The predicted molar refractivity (Wildman–Crippen MR) is 92.3 cm³/mol. The van der Waals surface area contributed by atoms with E-state index >= 15 is 0 Å². The van der Waals surface area contributed by atoms with E-state index < -0.39 is 8.07 Å². The van der Waals surface area contributed by atoms with Gasteiger partial charge < -0.3 is 4.74 Å². The Hall–Kier alpha value is 0.647. The van der Waals surface area contributed by atoms with E-state index in [-0.39, 0.29) is 5.60 Å². The number of epoxide rings is 1. The van der Waals surface area contributed by atoms with E-state index in [1.165, 1.54) is 6.04 Å². The van der Waals surface area contributed by atoms with Gasteiger partial charge in [-0.25, -0.2) is 0 Å². The Morgan fingerprint density at radius 1 is 1.11 bits per heavy atom. The van der Waals surface area contributed by atoms with Crippen LogP contribution >= 0.6 is 22.6 Å². The van der Waals surface area contributed by atoms with E-state index in [1.54, 1.807) is 0 Å². The Bertz CT molecular complexity index is 290. The van der Waals surface area contributed by atoms with Gasteiger partial charge in [-0.1, -0.05) is 80.8 Å². The fourth-order valence-electron chi connectivity index (χ4n) is 3.82. The second-order valence-electron chi connectivity index (χ2n) is 6.86. The molecule has 18 heavy (non-hydrogen) atoms. The molecule has 0 aliphatic carbocycles. The second kappa shape index (κ2) is 5.96. The van der Waals surface area contributed by atoms with E-state index in [9.17, 15) is 0 Å². The minimum atomic E-state index is -1.31. The number of ether oxygens (including phenoxy) is 1. The Kier molecular flexibility index (Phi) is 5.53. The van der Waals surface area contributed by atoms with Crippen molar-refractivity contribution < 1.29 is 4.74 Å². The van der Waals surface area contributed by atoms with E-state index in [4.69, 9.17) is 4.74 Å².